The van der Waals surface area contributed by atoms with Crippen LogP contribution in [-0.4, -0.2) is 59.5 Å². The standard InChI is InChI=1S/C17H12F11NO4S/c1-4-33-10(31)7-5(2)8(6(3)30)34-9(7)29-11(32)12(18)13(19,20)15(23,24)17(27,28)16(25,26)14(12,21)22/h4H2,1-3H3,(H,29,32). The summed E-state index contributed by atoms with van der Waals surface area (Å²) >= 11 is -0.0226. The normalized spacial score (nSPS) is 23.1. The molecule has 1 heterocycles. The summed E-state index contributed by atoms with van der Waals surface area (Å²) in [5, 5.41) is -0.325. The third-order valence-corrected chi connectivity index (χ3v) is 6.24. The maximum Gasteiger partial charge on any atom is 0.384 e. The summed E-state index contributed by atoms with van der Waals surface area (Å²) in [5.41, 5.74) is -8.21. The first-order valence-corrected chi connectivity index (χ1v) is 9.62. The van der Waals surface area contributed by atoms with Crippen LogP contribution < -0.4 is 5.32 Å². The number of thiophene rings is 1. The van der Waals surface area contributed by atoms with Crippen molar-refractivity contribution >= 4 is 34.0 Å². The van der Waals surface area contributed by atoms with Gasteiger partial charge >= 0.3 is 41.3 Å². The molecule has 34 heavy (non-hydrogen) atoms. The summed E-state index contributed by atoms with van der Waals surface area (Å²) < 4.78 is 157. The lowest BCUT2D eigenvalue weighted by molar-refractivity contribution is -0.475. The third-order valence-electron chi connectivity index (χ3n) is 4.93. The number of carbonyl (C=O) groups is 3. The van der Waals surface area contributed by atoms with E-state index in [-0.39, 0.29) is 23.5 Å². The SMILES string of the molecule is CCOC(=O)c1c(NC(=O)C2(F)C(F)(F)C(F)(F)C(F)(F)C(F)(F)C2(F)F)sc(C(C)=O)c1C. The molecule has 1 saturated carbocycles. The van der Waals surface area contributed by atoms with E-state index in [1.54, 1.807) is 0 Å². The number of amides is 1. The molecule has 1 aliphatic rings. The van der Waals surface area contributed by atoms with Crippen molar-refractivity contribution < 1.29 is 67.4 Å². The lowest BCUT2D eigenvalue weighted by Crippen LogP contribution is -2.86. The van der Waals surface area contributed by atoms with Crippen LogP contribution in [0.1, 0.15) is 39.4 Å². The summed E-state index contributed by atoms with van der Waals surface area (Å²) in [5.74, 6) is -43.1. The number of Topliss-reactive ketones (excluding diaryl/α,β-unsaturated/α-hetero) is 1. The molecule has 1 N–H and O–H groups in total. The topological polar surface area (TPSA) is 72.5 Å². The minimum atomic E-state index is -7.49. The predicted molar refractivity (Wildman–Crippen MR) is 92.2 cm³/mol. The van der Waals surface area contributed by atoms with E-state index in [9.17, 15) is 62.7 Å². The number of esters is 1. The summed E-state index contributed by atoms with van der Waals surface area (Å²) in [6.07, 6.45) is 0. The van der Waals surface area contributed by atoms with Crippen molar-refractivity contribution in [1.82, 2.24) is 0 Å². The van der Waals surface area contributed by atoms with Gasteiger partial charge in [0.25, 0.3) is 5.91 Å². The highest BCUT2D eigenvalue weighted by atomic mass is 32.1. The van der Waals surface area contributed by atoms with Gasteiger partial charge in [-0.25, -0.2) is 9.18 Å². The van der Waals surface area contributed by atoms with Crippen LogP contribution >= 0.6 is 11.3 Å². The molecule has 5 nitrogen and oxygen atoms in total. The zero-order valence-corrected chi connectivity index (χ0v) is 17.7. The van der Waals surface area contributed by atoms with Gasteiger partial charge in [0.2, 0.25) is 0 Å². The van der Waals surface area contributed by atoms with Crippen molar-refractivity contribution in [1.29, 1.82) is 0 Å². The molecular weight excluding hydrogens is 523 g/mol. The molecule has 1 amide bonds. The number of hydrogen-bond acceptors (Lipinski definition) is 5. The maximum atomic E-state index is 14.9. The molecule has 192 valence electrons. The van der Waals surface area contributed by atoms with Gasteiger partial charge < -0.3 is 10.1 Å². The van der Waals surface area contributed by atoms with Crippen LogP contribution in [0.3, 0.4) is 0 Å². The zero-order chi connectivity index (χ0) is 26.9. The second kappa shape index (κ2) is 7.78. The lowest BCUT2D eigenvalue weighted by atomic mass is 9.71. The van der Waals surface area contributed by atoms with Crippen LogP contribution in [0.25, 0.3) is 0 Å². The van der Waals surface area contributed by atoms with E-state index in [1.807, 2.05) is 0 Å². The highest BCUT2D eigenvalue weighted by molar-refractivity contribution is 7.18. The number of hydrogen-bond donors (Lipinski definition) is 1. The van der Waals surface area contributed by atoms with E-state index in [0.717, 1.165) is 19.2 Å². The van der Waals surface area contributed by atoms with E-state index in [2.05, 4.69) is 4.74 Å². The summed E-state index contributed by atoms with van der Waals surface area (Å²) in [4.78, 5) is 35.5. The van der Waals surface area contributed by atoms with E-state index >= 15 is 0 Å². The predicted octanol–water partition coefficient (Wildman–Crippen LogP) is 5.27. The molecule has 0 saturated heterocycles. The minimum Gasteiger partial charge on any atom is -0.462 e. The third kappa shape index (κ3) is 3.07. The maximum absolute atomic E-state index is 14.9. The summed E-state index contributed by atoms with van der Waals surface area (Å²) in [7, 11) is 0. The van der Waals surface area contributed by atoms with Crippen LogP contribution in [0.15, 0.2) is 0 Å². The Morgan fingerprint density at radius 2 is 1.24 bits per heavy atom. The summed E-state index contributed by atoms with van der Waals surface area (Å²) in [6, 6.07) is 0. The van der Waals surface area contributed by atoms with Gasteiger partial charge in [-0.15, -0.1) is 11.3 Å². The highest BCUT2D eigenvalue weighted by Gasteiger charge is 3.02. The van der Waals surface area contributed by atoms with Crippen LogP contribution in [0.2, 0.25) is 0 Å². The number of carbonyl (C=O) groups excluding carboxylic acids is 3. The van der Waals surface area contributed by atoms with Gasteiger partial charge in [0.1, 0.15) is 5.00 Å². The van der Waals surface area contributed by atoms with Gasteiger partial charge in [-0.2, -0.15) is 43.9 Å². The highest BCUT2D eigenvalue weighted by Crippen LogP contribution is 2.69. The number of alkyl halides is 11. The molecule has 0 unspecified atom stereocenters. The Morgan fingerprint density at radius 3 is 1.62 bits per heavy atom. The Bertz CT molecular complexity index is 1020. The second-order valence-electron chi connectivity index (χ2n) is 7.02. The lowest BCUT2D eigenvalue weighted by Gasteiger charge is -2.51. The minimum absolute atomic E-state index is 0.0226. The van der Waals surface area contributed by atoms with Gasteiger partial charge in [0.05, 0.1) is 17.0 Å². The number of rotatable bonds is 5. The van der Waals surface area contributed by atoms with E-state index in [1.165, 1.54) is 6.92 Å². The smallest absolute Gasteiger partial charge is 0.384 e. The Morgan fingerprint density at radius 1 is 0.824 bits per heavy atom. The Labute approximate surface area is 186 Å². The van der Waals surface area contributed by atoms with Gasteiger partial charge in [0, 0.05) is 0 Å². The number of anilines is 1. The first-order valence-electron chi connectivity index (χ1n) is 8.80. The van der Waals surface area contributed by atoms with Crippen LogP contribution in [-0.2, 0) is 9.53 Å². The van der Waals surface area contributed by atoms with Gasteiger partial charge in [-0.05, 0) is 26.3 Å². The number of halogens is 11. The van der Waals surface area contributed by atoms with E-state index in [0.29, 0.717) is 0 Å². The molecule has 0 spiro atoms. The molecule has 0 aliphatic heterocycles. The fraction of sp³-hybridized carbons (Fsp3) is 0.588. The van der Waals surface area contributed by atoms with Gasteiger partial charge in [-0.1, -0.05) is 0 Å². The molecule has 1 fully saturated rings. The van der Waals surface area contributed by atoms with Crippen molar-refractivity contribution in [2.24, 2.45) is 0 Å². The monoisotopic (exact) mass is 535 g/mol. The van der Waals surface area contributed by atoms with Crippen molar-refractivity contribution in [2.75, 3.05) is 11.9 Å². The molecule has 0 radical (unpaired) electrons. The zero-order valence-electron chi connectivity index (χ0n) is 16.9. The average molecular weight is 535 g/mol. The fourth-order valence-electron chi connectivity index (χ4n) is 3.08. The van der Waals surface area contributed by atoms with Gasteiger partial charge in [0.15, 0.2) is 5.78 Å². The van der Waals surface area contributed by atoms with Crippen LogP contribution in [0.4, 0.5) is 53.3 Å². The van der Waals surface area contributed by atoms with Crippen LogP contribution in [0, 0.1) is 6.92 Å². The first kappa shape index (κ1) is 27.8. The Balaban J connectivity index is 2.76. The van der Waals surface area contributed by atoms with E-state index in [4.69, 9.17) is 0 Å². The van der Waals surface area contributed by atoms with Crippen molar-refractivity contribution in [3.05, 3.63) is 16.0 Å². The molecular formula is C17H12F11NO4S. The largest absolute Gasteiger partial charge is 0.462 e. The Kier molecular flexibility index (Phi) is 6.35. The molecule has 1 aromatic heterocycles. The molecule has 0 aromatic carbocycles. The molecule has 0 atom stereocenters. The Hall–Kier alpha value is -2.46. The molecule has 0 bridgehead atoms. The first-order chi connectivity index (χ1) is 15.1. The molecule has 1 aromatic rings. The number of ketones is 1. The quantitative estimate of drug-likeness (QED) is 0.317. The number of nitrogens with one attached hydrogen (secondary N) is 1. The average Bonchev–Trinajstić information content (AvgIpc) is 3.01. The molecule has 17 heteroatoms. The van der Waals surface area contributed by atoms with Gasteiger partial charge in [-0.3, -0.25) is 9.59 Å². The van der Waals surface area contributed by atoms with Crippen molar-refractivity contribution in [2.45, 2.75) is 56.1 Å². The van der Waals surface area contributed by atoms with E-state index < -0.39 is 68.4 Å². The van der Waals surface area contributed by atoms with Crippen LogP contribution in [0.5, 0.6) is 0 Å². The summed E-state index contributed by atoms with van der Waals surface area (Å²) in [6.45, 7) is 2.75. The second-order valence-corrected chi connectivity index (χ2v) is 8.04. The fourth-order valence-corrected chi connectivity index (χ4v) is 4.17. The molecule has 2 rings (SSSR count). The molecule has 1 aliphatic carbocycles. The van der Waals surface area contributed by atoms with Crippen molar-refractivity contribution in [3.8, 4) is 0 Å². The number of ether oxygens (including phenoxy) is 1. The van der Waals surface area contributed by atoms with Crippen molar-refractivity contribution in [3.63, 3.8) is 0 Å².